The van der Waals surface area contributed by atoms with Crippen molar-refractivity contribution in [1.82, 2.24) is 9.38 Å². The first-order chi connectivity index (χ1) is 12.6. The third-order valence-electron chi connectivity index (χ3n) is 4.15. The molecular formula is C21H16ClN3O. The molecule has 128 valence electrons. The van der Waals surface area contributed by atoms with Crippen LogP contribution >= 0.6 is 11.6 Å². The molecular weight excluding hydrogens is 346 g/mol. The number of rotatable bonds is 3. The van der Waals surface area contributed by atoms with Gasteiger partial charge < -0.3 is 5.32 Å². The first-order valence-corrected chi connectivity index (χ1v) is 8.61. The van der Waals surface area contributed by atoms with E-state index in [9.17, 15) is 4.79 Å². The number of hydrogen-bond donors (Lipinski definition) is 1. The lowest BCUT2D eigenvalue weighted by Gasteiger charge is -2.08. The van der Waals surface area contributed by atoms with E-state index in [2.05, 4.69) is 5.32 Å². The number of aromatic nitrogens is 2. The van der Waals surface area contributed by atoms with Crippen LogP contribution in [-0.2, 0) is 0 Å². The molecule has 0 unspecified atom stereocenters. The zero-order valence-electron chi connectivity index (χ0n) is 14.1. The second-order valence-electron chi connectivity index (χ2n) is 6.07. The molecule has 0 aliphatic heterocycles. The Morgan fingerprint density at radius 1 is 1.00 bits per heavy atom. The molecule has 0 radical (unpaired) electrons. The minimum atomic E-state index is -0.206. The Morgan fingerprint density at radius 3 is 2.46 bits per heavy atom. The van der Waals surface area contributed by atoms with Crippen LogP contribution in [-0.4, -0.2) is 15.3 Å². The third kappa shape index (κ3) is 3.07. The van der Waals surface area contributed by atoms with Gasteiger partial charge in [-0.2, -0.15) is 0 Å². The van der Waals surface area contributed by atoms with Crippen LogP contribution in [0.15, 0.2) is 72.9 Å². The Labute approximate surface area is 156 Å². The number of carbonyl (C=O) groups is 1. The highest BCUT2D eigenvalue weighted by molar-refractivity contribution is 6.30. The Hall–Kier alpha value is -3.11. The fourth-order valence-electron chi connectivity index (χ4n) is 2.85. The molecule has 0 fully saturated rings. The SMILES string of the molecule is Cc1ccc2nc(-c3ccccc3)c(NC(=O)c3ccc(Cl)cc3)n2c1. The molecule has 2 aromatic carbocycles. The number of halogens is 1. The van der Waals surface area contributed by atoms with Crippen molar-refractivity contribution >= 4 is 29.0 Å². The van der Waals surface area contributed by atoms with E-state index in [1.54, 1.807) is 24.3 Å². The van der Waals surface area contributed by atoms with Crippen molar-refractivity contribution in [3.05, 3.63) is 89.1 Å². The van der Waals surface area contributed by atoms with Crippen molar-refractivity contribution in [3.63, 3.8) is 0 Å². The number of carbonyl (C=O) groups excluding carboxylic acids is 1. The number of nitrogens with one attached hydrogen (secondary N) is 1. The quantitative estimate of drug-likeness (QED) is 0.544. The molecule has 4 aromatic rings. The highest BCUT2D eigenvalue weighted by Gasteiger charge is 2.17. The Bertz CT molecular complexity index is 1090. The van der Waals surface area contributed by atoms with Gasteiger partial charge in [-0.25, -0.2) is 4.98 Å². The van der Waals surface area contributed by atoms with Gasteiger partial charge in [-0.15, -0.1) is 0 Å². The summed E-state index contributed by atoms with van der Waals surface area (Å²) in [5.74, 6) is 0.442. The number of anilines is 1. The third-order valence-corrected chi connectivity index (χ3v) is 4.40. The van der Waals surface area contributed by atoms with Crippen molar-refractivity contribution in [2.75, 3.05) is 5.32 Å². The van der Waals surface area contributed by atoms with Crippen molar-refractivity contribution in [2.24, 2.45) is 0 Å². The van der Waals surface area contributed by atoms with E-state index in [1.807, 2.05) is 60.0 Å². The van der Waals surface area contributed by atoms with Gasteiger partial charge >= 0.3 is 0 Å². The van der Waals surface area contributed by atoms with Crippen LogP contribution in [0.25, 0.3) is 16.9 Å². The Kier molecular flexibility index (Phi) is 4.19. The number of nitrogens with zero attached hydrogens (tertiary/aromatic N) is 2. The minimum Gasteiger partial charge on any atom is -0.306 e. The van der Waals surface area contributed by atoms with Gasteiger partial charge in [-0.3, -0.25) is 9.20 Å². The van der Waals surface area contributed by atoms with Crippen LogP contribution in [0, 0.1) is 6.92 Å². The van der Waals surface area contributed by atoms with Gasteiger partial charge in [0.15, 0.2) is 0 Å². The van der Waals surface area contributed by atoms with Crippen molar-refractivity contribution in [1.29, 1.82) is 0 Å². The molecule has 0 spiro atoms. The molecule has 5 heteroatoms. The molecule has 0 saturated heterocycles. The zero-order valence-corrected chi connectivity index (χ0v) is 14.9. The molecule has 2 aromatic heterocycles. The van der Waals surface area contributed by atoms with Gasteiger partial charge in [-0.05, 0) is 42.8 Å². The summed E-state index contributed by atoms with van der Waals surface area (Å²) in [5, 5.41) is 3.61. The molecule has 0 atom stereocenters. The summed E-state index contributed by atoms with van der Waals surface area (Å²) < 4.78 is 1.91. The summed E-state index contributed by atoms with van der Waals surface area (Å²) in [6.45, 7) is 2.01. The maximum atomic E-state index is 12.7. The van der Waals surface area contributed by atoms with Crippen LogP contribution < -0.4 is 5.32 Å². The topological polar surface area (TPSA) is 46.4 Å². The van der Waals surface area contributed by atoms with Crippen molar-refractivity contribution in [2.45, 2.75) is 6.92 Å². The molecule has 1 amide bonds. The number of pyridine rings is 1. The average molecular weight is 362 g/mol. The van der Waals surface area contributed by atoms with E-state index in [-0.39, 0.29) is 5.91 Å². The molecule has 4 rings (SSSR count). The van der Waals surface area contributed by atoms with Crippen LogP contribution in [0.5, 0.6) is 0 Å². The van der Waals surface area contributed by atoms with Crippen molar-refractivity contribution in [3.8, 4) is 11.3 Å². The number of imidazole rings is 1. The predicted octanol–water partition coefficient (Wildman–Crippen LogP) is 5.22. The minimum absolute atomic E-state index is 0.206. The highest BCUT2D eigenvalue weighted by atomic mass is 35.5. The van der Waals surface area contributed by atoms with E-state index in [0.29, 0.717) is 16.4 Å². The molecule has 4 nitrogen and oxygen atoms in total. The second-order valence-corrected chi connectivity index (χ2v) is 6.51. The normalized spacial score (nSPS) is 10.8. The first kappa shape index (κ1) is 16.4. The summed E-state index contributed by atoms with van der Waals surface area (Å²) in [7, 11) is 0. The average Bonchev–Trinajstić information content (AvgIpc) is 3.01. The number of benzene rings is 2. The molecule has 0 aliphatic carbocycles. The molecule has 0 saturated carbocycles. The monoisotopic (exact) mass is 361 g/mol. The van der Waals surface area contributed by atoms with E-state index < -0.39 is 0 Å². The van der Waals surface area contributed by atoms with Gasteiger partial charge in [0.1, 0.15) is 17.2 Å². The van der Waals surface area contributed by atoms with Crippen LogP contribution in [0.1, 0.15) is 15.9 Å². The lowest BCUT2D eigenvalue weighted by Crippen LogP contribution is -2.14. The van der Waals surface area contributed by atoms with E-state index in [4.69, 9.17) is 16.6 Å². The summed E-state index contributed by atoms with van der Waals surface area (Å²) in [4.78, 5) is 17.5. The van der Waals surface area contributed by atoms with Gasteiger partial charge in [0.25, 0.3) is 5.91 Å². The first-order valence-electron chi connectivity index (χ1n) is 8.23. The van der Waals surface area contributed by atoms with Gasteiger partial charge in [0.05, 0.1) is 0 Å². The van der Waals surface area contributed by atoms with Crippen LogP contribution in [0.2, 0.25) is 5.02 Å². The maximum Gasteiger partial charge on any atom is 0.256 e. The number of amides is 1. The summed E-state index contributed by atoms with van der Waals surface area (Å²) in [5.41, 5.74) is 4.08. The standard InChI is InChI=1S/C21H16ClN3O/c1-14-7-12-18-23-19(15-5-3-2-4-6-15)20(25(18)13-14)24-21(26)16-8-10-17(22)11-9-16/h2-13H,1H3,(H,24,26). The lowest BCUT2D eigenvalue weighted by molar-refractivity contribution is 0.102. The predicted molar refractivity (Wildman–Crippen MR) is 105 cm³/mol. The van der Waals surface area contributed by atoms with Crippen molar-refractivity contribution < 1.29 is 4.79 Å². The Morgan fingerprint density at radius 2 is 1.73 bits per heavy atom. The largest absolute Gasteiger partial charge is 0.306 e. The molecule has 26 heavy (non-hydrogen) atoms. The molecule has 1 N–H and O–H groups in total. The zero-order chi connectivity index (χ0) is 18.1. The molecule has 0 aliphatic rings. The van der Waals surface area contributed by atoms with E-state index in [0.717, 1.165) is 22.5 Å². The summed E-state index contributed by atoms with van der Waals surface area (Å²) >= 11 is 5.91. The number of aryl methyl sites for hydroxylation is 1. The summed E-state index contributed by atoms with van der Waals surface area (Å²) in [6.07, 6.45) is 1.96. The maximum absolute atomic E-state index is 12.7. The molecule has 0 bridgehead atoms. The van der Waals surface area contributed by atoms with Crippen LogP contribution in [0.3, 0.4) is 0 Å². The Balaban J connectivity index is 1.83. The van der Waals surface area contributed by atoms with Gasteiger partial charge in [-0.1, -0.05) is 48.0 Å². The lowest BCUT2D eigenvalue weighted by atomic mass is 10.1. The number of fused-ring (bicyclic) bond motifs is 1. The fraction of sp³-hybridized carbons (Fsp3) is 0.0476. The highest BCUT2D eigenvalue weighted by Crippen LogP contribution is 2.29. The fourth-order valence-corrected chi connectivity index (χ4v) is 2.97. The number of hydrogen-bond acceptors (Lipinski definition) is 2. The molecule has 2 heterocycles. The van der Waals surface area contributed by atoms with E-state index in [1.165, 1.54) is 0 Å². The smallest absolute Gasteiger partial charge is 0.256 e. The van der Waals surface area contributed by atoms with Gasteiger partial charge in [0, 0.05) is 22.3 Å². The second kappa shape index (κ2) is 6.65. The van der Waals surface area contributed by atoms with Gasteiger partial charge in [0.2, 0.25) is 0 Å². The summed E-state index contributed by atoms with van der Waals surface area (Å²) in [6, 6.07) is 20.6. The van der Waals surface area contributed by atoms with E-state index >= 15 is 0 Å². The van der Waals surface area contributed by atoms with Crippen LogP contribution in [0.4, 0.5) is 5.82 Å².